The molecule has 0 spiro atoms. The van der Waals surface area contributed by atoms with E-state index in [4.69, 9.17) is 4.74 Å². The molecule has 0 aliphatic carbocycles. The molecule has 0 heterocycles. The number of benzene rings is 2. The first-order valence-corrected chi connectivity index (χ1v) is 9.01. The van der Waals surface area contributed by atoms with Crippen molar-refractivity contribution in [3.63, 3.8) is 0 Å². The minimum absolute atomic E-state index is 0.00607. The highest BCUT2D eigenvalue weighted by Crippen LogP contribution is 2.30. The highest BCUT2D eigenvalue weighted by Gasteiger charge is 2.16. The SMILES string of the molecule is COc1ccc(NC(=O)NCCC(=O)Nc2cc(C(C)(C)C)ccc2O)cc1. The molecule has 150 valence electrons. The first-order chi connectivity index (χ1) is 13.2. The molecule has 0 saturated heterocycles. The summed E-state index contributed by atoms with van der Waals surface area (Å²) in [5.41, 5.74) is 1.87. The zero-order chi connectivity index (χ0) is 20.7. The number of carbonyl (C=O) groups is 2. The number of methoxy groups -OCH3 is 1. The van der Waals surface area contributed by atoms with Gasteiger partial charge in [0.15, 0.2) is 0 Å². The lowest BCUT2D eigenvalue weighted by molar-refractivity contribution is -0.116. The smallest absolute Gasteiger partial charge is 0.319 e. The Morgan fingerprint density at radius 3 is 2.32 bits per heavy atom. The molecule has 0 saturated carbocycles. The van der Waals surface area contributed by atoms with Gasteiger partial charge >= 0.3 is 6.03 Å². The van der Waals surface area contributed by atoms with Gasteiger partial charge in [-0.3, -0.25) is 4.79 Å². The van der Waals surface area contributed by atoms with E-state index in [0.29, 0.717) is 17.1 Å². The van der Waals surface area contributed by atoms with Gasteiger partial charge in [-0.25, -0.2) is 4.79 Å². The van der Waals surface area contributed by atoms with E-state index in [1.54, 1.807) is 43.5 Å². The maximum absolute atomic E-state index is 12.1. The van der Waals surface area contributed by atoms with Gasteiger partial charge in [-0.1, -0.05) is 26.8 Å². The number of aromatic hydroxyl groups is 1. The van der Waals surface area contributed by atoms with Gasteiger partial charge in [-0.05, 0) is 47.4 Å². The van der Waals surface area contributed by atoms with Crippen LogP contribution in [0.2, 0.25) is 0 Å². The van der Waals surface area contributed by atoms with E-state index in [1.165, 1.54) is 0 Å². The molecule has 0 bridgehead atoms. The number of anilines is 2. The fourth-order valence-electron chi connectivity index (χ4n) is 2.45. The molecule has 7 nitrogen and oxygen atoms in total. The predicted octanol–water partition coefficient (Wildman–Crippen LogP) is 3.85. The summed E-state index contributed by atoms with van der Waals surface area (Å²) < 4.78 is 5.06. The average molecular weight is 385 g/mol. The highest BCUT2D eigenvalue weighted by atomic mass is 16.5. The summed E-state index contributed by atoms with van der Waals surface area (Å²) in [7, 11) is 1.57. The Morgan fingerprint density at radius 2 is 1.71 bits per heavy atom. The lowest BCUT2D eigenvalue weighted by Gasteiger charge is -2.20. The van der Waals surface area contributed by atoms with Gasteiger partial charge in [0.1, 0.15) is 11.5 Å². The van der Waals surface area contributed by atoms with E-state index in [9.17, 15) is 14.7 Å². The molecule has 0 aromatic heterocycles. The summed E-state index contributed by atoms with van der Waals surface area (Å²) in [5, 5.41) is 17.9. The van der Waals surface area contributed by atoms with E-state index in [0.717, 1.165) is 5.56 Å². The maximum Gasteiger partial charge on any atom is 0.319 e. The molecule has 0 radical (unpaired) electrons. The lowest BCUT2D eigenvalue weighted by atomic mass is 9.87. The summed E-state index contributed by atoms with van der Waals surface area (Å²) in [4.78, 5) is 24.0. The first-order valence-electron chi connectivity index (χ1n) is 9.01. The summed E-state index contributed by atoms with van der Waals surface area (Å²) in [5.74, 6) is 0.402. The number of ether oxygens (including phenoxy) is 1. The largest absolute Gasteiger partial charge is 0.506 e. The second-order valence-corrected chi connectivity index (χ2v) is 7.39. The third-order valence-electron chi connectivity index (χ3n) is 4.12. The van der Waals surface area contributed by atoms with Gasteiger partial charge in [0.25, 0.3) is 0 Å². The molecular weight excluding hydrogens is 358 g/mol. The number of nitrogens with one attached hydrogen (secondary N) is 3. The van der Waals surface area contributed by atoms with Crippen LogP contribution >= 0.6 is 0 Å². The van der Waals surface area contributed by atoms with E-state index < -0.39 is 6.03 Å². The topological polar surface area (TPSA) is 99.7 Å². The van der Waals surface area contributed by atoms with Crippen molar-refractivity contribution in [2.75, 3.05) is 24.3 Å². The second kappa shape index (κ2) is 9.12. The molecule has 2 aromatic rings. The van der Waals surface area contributed by atoms with Crippen molar-refractivity contribution < 1.29 is 19.4 Å². The Balaban J connectivity index is 1.81. The van der Waals surface area contributed by atoms with Crippen molar-refractivity contribution in [2.24, 2.45) is 0 Å². The number of rotatable bonds is 6. The molecule has 2 aromatic carbocycles. The Hall–Kier alpha value is -3.22. The molecule has 4 N–H and O–H groups in total. The van der Waals surface area contributed by atoms with Gasteiger partial charge < -0.3 is 25.8 Å². The van der Waals surface area contributed by atoms with Crippen LogP contribution in [0.5, 0.6) is 11.5 Å². The van der Waals surface area contributed by atoms with E-state index in [-0.39, 0.29) is 30.0 Å². The van der Waals surface area contributed by atoms with E-state index in [2.05, 4.69) is 36.7 Å². The van der Waals surface area contributed by atoms with E-state index in [1.807, 2.05) is 6.07 Å². The number of amides is 3. The first kappa shape index (κ1) is 21.1. The van der Waals surface area contributed by atoms with Crippen molar-refractivity contribution in [2.45, 2.75) is 32.6 Å². The maximum atomic E-state index is 12.1. The lowest BCUT2D eigenvalue weighted by Crippen LogP contribution is -2.31. The van der Waals surface area contributed by atoms with Crippen LogP contribution in [0, 0.1) is 0 Å². The Bertz CT molecular complexity index is 827. The highest BCUT2D eigenvalue weighted by molar-refractivity contribution is 5.93. The van der Waals surface area contributed by atoms with Crippen LogP contribution < -0.4 is 20.7 Å². The number of hydrogen-bond donors (Lipinski definition) is 4. The summed E-state index contributed by atoms with van der Waals surface area (Å²) in [6, 6.07) is 11.7. The quantitative estimate of drug-likeness (QED) is 0.568. The minimum Gasteiger partial charge on any atom is -0.506 e. The number of carbonyl (C=O) groups excluding carboxylic acids is 2. The third-order valence-corrected chi connectivity index (χ3v) is 4.12. The van der Waals surface area contributed by atoms with Crippen molar-refractivity contribution in [1.82, 2.24) is 5.32 Å². The van der Waals surface area contributed by atoms with E-state index >= 15 is 0 Å². The number of urea groups is 1. The molecule has 28 heavy (non-hydrogen) atoms. The normalized spacial score (nSPS) is 10.9. The molecule has 0 aliphatic rings. The fourth-order valence-corrected chi connectivity index (χ4v) is 2.45. The number of phenolic OH excluding ortho intramolecular Hbond substituents is 1. The molecule has 2 rings (SSSR count). The zero-order valence-electron chi connectivity index (χ0n) is 16.6. The molecule has 7 heteroatoms. The Labute approximate surface area is 165 Å². The fraction of sp³-hybridized carbons (Fsp3) is 0.333. The second-order valence-electron chi connectivity index (χ2n) is 7.39. The predicted molar refractivity (Wildman–Crippen MR) is 110 cm³/mol. The minimum atomic E-state index is -0.407. The van der Waals surface area contributed by atoms with Crippen molar-refractivity contribution in [3.05, 3.63) is 48.0 Å². The van der Waals surface area contributed by atoms with Crippen LogP contribution in [-0.2, 0) is 10.2 Å². The molecule has 0 unspecified atom stereocenters. The van der Waals surface area contributed by atoms with Crippen molar-refractivity contribution in [3.8, 4) is 11.5 Å². The molecule has 0 atom stereocenters. The molecule has 0 fully saturated rings. The summed E-state index contributed by atoms with van der Waals surface area (Å²) in [6.45, 7) is 6.32. The monoisotopic (exact) mass is 385 g/mol. The van der Waals surface area contributed by atoms with Crippen LogP contribution in [0.25, 0.3) is 0 Å². The third kappa shape index (κ3) is 6.19. The van der Waals surface area contributed by atoms with Gasteiger partial charge in [0.2, 0.25) is 5.91 Å². The van der Waals surface area contributed by atoms with Crippen LogP contribution in [0.3, 0.4) is 0 Å². The van der Waals surface area contributed by atoms with Crippen LogP contribution in [0.4, 0.5) is 16.2 Å². The standard InChI is InChI=1S/C21H27N3O4/c1-21(2,3)14-5-10-18(25)17(13-14)24-19(26)11-12-22-20(27)23-15-6-8-16(28-4)9-7-15/h5-10,13,25H,11-12H2,1-4H3,(H,24,26)(H2,22,23,27). The van der Waals surface area contributed by atoms with Gasteiger partial charge in [-0.15, -0.1) is 0 Å². The number of hydrogen-bond acceptors (Lipinski definition) is 4. The molecular formula is C21H27N3O4. The average Bonchev–Trinajstić information content (AvgIpc) is 2.63. The van der Waals surface area contributed by atoms with Crippen molar-refractivity contribution >= 4 is 23.3 Å². The number of phenols is 1. The molecule has 3 amide bonds. The van der Waals surface area contributed by atoms with Gasteiger partial charge in [0.05, 0.1) is 12.8 Å². The van der Waals surface area contributed by atoms with Crippen LogP contribution in [0.1, 0.15) is 32.8 Å². The van der Waals surface area contributed by atoms with Crippen LogP contribution in [-0.4, -0.2) is 30.7 Å². The Morgan fingerprint density at radius 1 is 1.04 bits per heavy atom. The summed E-state index contributed by atoms with van der Waals surface area (Å²) in [6.07, 6.45) is 0.0786. The van der Waals surface area contributed by atoms with Gasteiger partial charge in [0, 0.05) is 18.7 Å². The van der Waals surface area contributed by atoms with Gasteiger partial charge in [-0.2, -0.15) is 0 Å². The van der Waals surface area contributed by atoms with Crippen LogP contribution in [0.15, 0.2) is 42.5 Å². The Kier molecular flexibility index (Phi) is 6.87. The molecule has 0 aliphatic heterocycles. The summed E-state index contributed by atoms with van der Waals surface area (Å²) >= 11 is 0. The zero-order valence-corrected chi connectivity index (χ0v) is 16.6. The van der Waals surface area contributed by atoms with Crippen molar-refractivity contribution in [1.29, 1.82) is 0 Å².